The SMILES string of the molecule is CCOC(=O)C(C)Oc1ccc(SCc2sc(-c3ccc(C(F)(F)F)cc3)nc2CN2CCN(c3ccc(O)cc3)CC2)cc1C. The van der Waals surface area contributed by atoms with E-state index in [0.717, 1.165) is 65.0 Å². The number of benzene rings is 3. The predicted molar refractivity (Wildman–Crippen MR) is 176 cm³/mol. The third kappa shape index (κ3) is 8.54. The fraction of sp³-hybridized carbons (Fsp3) is 0.353. The topological polar surface area (TPSA) is 75.1 Å². The number of piperazine rings is 1. The molecule has 1 N–H and O–H groups in total. The molecule has 1 aliphatic rings. The highest BCUT2D eigenvalue weighted by atomic mass is 32.2. The Morgan fingerprint density at radius 3 is 2.37 bits per heavy atom. The lowest BCUT2D eigenvalue weighted by atomic mass is 10.1. The van der Waals surface area contributed by atoms with E-state index in [4.69, 9.17) is 14.5 Å². The summed E-state index contributed by atoms with van der Waals surface area (Å²) >= 11 is 3.15. The number of phenolic OH excluding ortho intramolecular Hbond substituents is 1. The van der Waals surface area contributed by atoms with Crippen LogP contribution < -0.4 is 9.64 Å². The van der Waals surface area contributed by atoms with E-state index in [1.54, 1.807) is 37.7 Å². The van der Waals surface area contributed by atoms with Crippen molar-refractivity contribution in [1.29, 1.82) is 0 Å². The van der Waals surface area contributed by atoms with Gasteiger partial charge in [-0.2, -0.15) is 13.2 Å². The Balaban J connectivity index is 1.30. The van der Waals surface area contributed by atoms with Crippen LogP contribution in [0.15, 0.2) is 71.6 Å². The van der Waals surface area contributed by atoms with Crippen LogP contribution in [-0.2, 0) is 28.0 Å². The van der Waals surface area contributed by atoms with Gasteiger partial charge in [-0.1, -0.05) is 12.1 Å². The van der Waals surface area contributed by atoms with E-state index < -0.39 is 23.8 Å². The largest absolute Gasteiger partial charge is 0.508 e. The molecule has 1 saturated heterocycles. The van der Waals surface area contributed by atoms with Gasteiger partial charge in [0.25, 0.3) is 0 Å². The van der Waals surface area contributed by atoms with Gasteiger partial charge in [0.05, 0.1) is 17.9 Å². The number of hydrogen-bond acceptors (Lipinski definition) is 9. The number of esters is 1. The molecule has 2 heterocycles. The lowest BCUT2D eigenvalue weighted by molar-refractivity contribution is -0.150. The van der Waals surface area contributed by atoms with Gasteiger partial charge in [-0.05, 0) is 80.9 Å². The molecule has 0 spiro atoms. The smallest absolute Gasteiger partial charge is 0.416 e. The third-order valence-corrected chi connectivity index (χ3v) is 9.99. The standard InChI is InChI=1S/C34H36F3N3O4S2/c1-4-43-33(42)23(3)44-30-14-13-28(19-22(30)2)45-21-31-29(38-32(46-31)24-5-7-25(8-6-24)34(35,36)37)20-39-15-17-40(18-16-39)26-9-11-27(41)12-10-26/h5-14,19,23,41H,4,15-18,20-21H2,1-3H3. The summed E-state index contributed by atoms with van der Waals surface area (Å²) in [5.41, 5.74) is 2.85. The van der Waals surface area contributed by atoms with Crippen molar-refractivity contribution in [2.24, 2.45) is 0 Å². The fourth-order valence-corrected chi connectivity index (χ4v) is 7.25. The van der Waals surface area contributed by atoms with Crippen molar-refractivity contribution in [1.82, 2.24) is 9.88 Å². The number of phenols is 1. The average Bonchev–Trinajstić information content (AvgIpc) is 3.44. The summed E-state index contributed by atoms with van der Waals surface area (Å²) in [6.07, 6.45) is -5.12. The molecular formula is C34H36F3N3O4S2. The van der Waals surface area contributed by atoms with Crippen molar-refractivity contribution < 1.29 is 32.5 Å². The van der Waals surface area contributed by atoms with Crippen molar-refractivity contribution in [3.05, 3.63) is 88.4 Å². The molecule has 12 heteroatoms. The van der Waals surface area contributed by atoms with Crippen LogP contribution in [0.3, 0.4) is 0 Å². The van der Waals surface area contributed by atoms with Gasteiger partial charge in [-0.3, -0.25) is 4.90 Å². The van der Waals surface area contributed by atoms with Crippen molar-refractivity contribution in [2.45, 2.75) is 50.2 Å². The summed E-state index contributed by atoms with van der Waals surface area (Å²) in [7, 11) is 0. The molecule has 46 heavy (non-hydrogen) atoms. The molecule has 1 fully saturated rings. The molecule has 0 radical (unpaired) electrons. The van der Waals surface area contributed by atoms with Crippen molar-refractivity contribution in [2.75, 3.05) is 37.7 Å². The number of anilines is 1. The summed E-state index contributed by atoms with van der Waals surface area (Å²) in [4.78, 5) is 23.6. The number of thioether (sulfide) groups is 1. The molecule has 7 nitrogen and oxygen atoms in total. The molecule has 0 aliphatic carbocycles. The first-order valence-electron chi connectivity index (χ1n) is 15.0. The van der Waals surface area contributed by atoms with Gasteiger partial charge in [-0.25, -0.2) is 9.78 Å². The second-order valence-electron chi connectivity index (χ2n) is 11.0. The molecule has 0 amide bonds. The fourth-order valence-electron chi connectivity index (χ4n) is 5.08. The number of carbonyl (C=O) groups is 1. The minimum absolute atomic E-state index is 0.239. The normalized spacial score (nSPS) is 14.7. The first kappa shape index (κ1) is 33.6. The number of aromatic hydroxyl groups is 1. The van der Waals surface area contributed by atoms with Gasteiger partial charge < -0.3 is 19.5 Å². The van der Waals surface area contributed by atoms with Crippen LogP contribution >= 0.6 is 23.1 Å². The van der Waals surface area contributed by atoms with Crippen LogP contribution in [0.4, 0.5) is 18.9 Å². The third-order valence-electron chi connectivity index (χ3n) is 7.64. The molecule has 4 aromatic rings. The van der Waals surface area contributed by atoms with E-state index in [9.17, 15) is 23.1 Å². The Morgan fingerprint density at radius 2 is 1.74 bits per heavy atom. The number of nitrogens with zero attached hydrogens (tertiary/aromatic N) is 3. The maximum atomic E-state index is 13.2. The molecule has 1 atom stereocenters. The monoisotopic (exact) mass is 671 g/mol. The van der Waals surface area contributed by atoms with Crippen molar-refractivity contribution >= 4 is 34.8 Å². The number of rotatable bonds is 11. The highest BCUT2D eigenvalue weighted by molar-refractivity contribution is 7.98. The number of ether oxygens (including phenoxy) is 2. The van der Waals surface area contributed by atoms with Crippen LogP contribution in [0.5, 0.6) is 11.5 Å². The van der Waals surface area contributed by atoms with E-state index in [-0.39, 0.29) is 12.4 Å². The van der Waals surface area contributed by atoms with Gasteiger partial charge >= 0.3 is 12.1 Å². The minimum Gasteiger partial charge on any atom is -0.508 e. The molecule has 5 rings (SSSR count). The molecule has 3 aromatic carbocycles. The van der Waals surface area contributed by atoms with Crippen LogP contribution in [-0.4, -0.2) is 59.8 Å². The van der Waals surface area contributed by atoms with E-state index in [1.807, 2.05) is 37.3 Å². The van der Waals surface area contributed by atoms with E-state index in [2.05, 4.69) is 9.80 Å². The van der Waals surface area contributed by atoms with Gasteiger partial charge in [-0.15, -0.1) is 23.1 Å². The van der Waals surface area contributed by atoms with Gasteiger partial charge in [0.2, 0.25) is 0 Å². The lowest BCUT2D eigenvalue weighted by Gasteiger charge is -2.36. The summed E-state index contributed by atoms with van der Waals surface area (Å²) in [5.74, 6) is 1.08. The molecule has 1 aliphatic heterocycles. The zero-order chi connectivity index (χ0) is 32.8. The average molecular weight is 672 g/mol. The zero-order valence-electron chi connectivity index (χ0n) is 25.8. The van der Waals surface area contributed by atoms with Crippen LogP contribution in [0, 0.1) is 6.92 Å². The highest BCUT2D eigenvalue weighted by Crippen LogP contribution is 2.37. The number of hydrogen-bond donors (Lipinski definition) is 1. The van der Waals surface area contributed by atoms with Crippen molar-refractivity contribution in [3.8, 4) is 22.1 Å². The Bertz CT molecular complexity index is 1620. The number of thiazole rings is 1. The van der Waals surface area contributed by atoms with Gasteiger partial charge in [0.15, 0.2) is 6.10 Å². The second kappa shape index (κ2) is 14.8. The number of aromatic nitrogens is 1. The van der Waals surface area contributed by atoms with Gasteiger partial charge in [0.1, 0.15) is 16.5 Å². The summed E-state index contributed by atoms with van der Waals surface area (Å²) in [6, 6.07) is 18.2. The van der Waals surface area contributed by atoms with Crippen LogP contribution in [0.25, 0.3) is 10.6 Å². The minimum atomic E-state index is -4.40. The molecule has 1 aromatic heterocycles. The predicted octanol–water partition coefficient (Wildman–Crippen LogP) is 7.79. The Hall–Kier alpha value is -3.74. The maximum absolute atomic E-state index is 13.2. The maximum Gasteiger partial charge on any atom is 0.416 e. The summed E-state index contributed by atoms with van der Waals surface area (Å²) in [6.45, 7) is 9.56. The summed E-state index contributed by atoms with van der Waals surface area (Å²) in [5, 5.41) is 10.3. The van der Waals surface area contributed by atoms with Gasteiger partial charge in [0, 0.05) is 59.5 Å². The Morgan fingerprint density at radius 1 is 1.04 bits per heavy atom. The van der Waals surface area contributed by atoms with E-state index in [0.29, 0.717) is 28.6 Å². The van der Waals surface area contributed by atoms with Crippen LogP contribution in [0.2, 0.25) is 0 Å². The quantitative estimate of drug-likeness (QED) is 0.128. The molecule has 0 bridgehead atoms. The number of alkyl halides is 3. The second-order valence-corrected chi connectivity index (χ2v) is 13.1. The zero-order valence-corrected chi connectivity index (χ0v) is 27.5. The molecule has 1 unspecified atom stereocenters. The lowest BCUT2D eigenvalue weighted by Crippen LogP contribution is -2.46. The molecular weight excluding hydrogens is 636 g/mol. The number of aryl methyl sites for hydroxylation is 1. The number of carbonyl (C=O) groups excluding carboxylic acids is 1. The van der Waals surface area contributed by atoms with E-state index >= 15 is 0 Å². The summed E-state index contributed by atoms with van der Waals surface area (Å²) < 4.78 is 50.4. The first-order chi connectivity index (χ1) is 22.0. The number of halogens is 3. The Kier molecular flexibility index (Phi) is 10.8. The van der Waals surface area contributed by atoms with Crippen LogP contribution in [0.1, 0.15) is 35.5 Å². The van der Waals surface area contributed by atoms with Crippen molar-refractivity contribution in [3.63, 3.8) is 0 Å². The van der Waals surface area contributed by atoms with E-state index in [1.165, 1.54) is 23.5 Å². The Labute approximate surface area is 275 Å². The molecule has 244 valence electrons. The molecule has 0 saturated carbocycles. The highest BCUT2D eigenvalue weighted by Gasteiger charge is 2.30. The first-order valence-corrected chi connectivity index (χ1v) is 16.8.